The van der Waals surface area contributed by atoms with Gasteiger partial charge < -0.3 is 30.4 Å². The van der Waals surface area contributed by atoms with E-state index in [9.17, 15) is 27.9 Å². The fraction of sp³-hybridized carbons (Fsp3) is 0.385. The van der Waals surface area contributed by atoms with Gasteiger partial charge in [0.15, 0.2) is 0 Å². The summed E-state index contributed by atoms with van der Waals surface area (Å²) in [6.07, 6.45) is -1.66. The highest BCUT2D eigenvalue weighted by Crippen LogP contribution is 2.35. The van der Waals surface area contributed by atoms with Crippen LogP contribution in [-0.2, 0) is 9.53 Å². The molecule has 0 aromatic heterocycles. The van der Waals surface area contributed by atoms with E-state index in [0.717, 1.165) is 12.1 Å². The van der Waals surface area contributed by atoms with Crippen LogP contribution >= 0.6 is 0 Å². The van der Waals surface area contributed by atoms with Crippen molar-refractivity contribution in [3.8, 4) is 11.5 Å². The van der Waals surface area contributed by atoms with Crippen LogP contribution in [0.25, 0.3) is 12.2 Å². The highest BCUT2D eigenvalue weighted by atomic mass is 19.4. The van der Waals surface area contributed by atoms with Crippen LogP contribution in [0, 0.1) is 0 Å². The number of amides is 2. The number of aliphatic hydroxyl groups is 1. The Labute approximate surface area is 213 Å². The van der Waals surface area contributed by atoms with Gasteiger partial charge in [-0.1, -0.05) is 24.3 Å². The van der Waals surface area contributed by atoms with Crippen LogP contribution in [0.15, 0.2) is 36.4 Å². The Morgan fingerprint density at radius 2 is 1.73 bits per heavy atom. The molecule has 0 radical (unpaired) electrons. The largest absolute Gasteiger partial charge is 0.573 e. The predicted octanol–water partition coefficient (Wildman–Crippen LogP) is 3.87. The van der Waals surface area contributed by atoms with Crippen molar-refractivity contribution in [2.75, 3.05) is 26.9 Å². The van der Waals surface area contributed by atoms with Crippen LogP contribution in [-0.4, -0.2) is 55.8 Å². The number of halogens is 3. The summed E-state index contributed by atoms with van der Waals surface area (Å²) in [5, 5.41) is 11.8. The third-order valence-electron chi connectivity index (χ3n) is 5.05. The first-order valence-electron chi connectivity index (χ1n) is 11.3. The second-order valence-electron chi connectivity index (χ2n) is 8.95. The van der Waals surface area contributed by atoms with Gasteiger partial charge in [-0.3, -0.25) is 9.59 Å². The van der Waals surface area contributed by atoms with Crippen molar-refractivity contribution in [2.45, 2.75) is 38.7 Å². The molecule has 0 aliphatic rings. The van der Waals surface area contributed by atoms with Crippen molar-refractivity contribution in [2.24, 2.45) is 5.73 Å². The molecule has 0 spiro atoms. The van der Waals surface area contributed by atoms with Gasteiger partial charge in [-0.25, -0.2) is 0 Å². The van der Waals surface area contributed by atoms with Crippen molar-refractivity contribution in [3.05, 3.63) is 58.7 Å². The molecule has 2 rings (SSSR count). The molecule has 0 unspecified atom stereocenters. The van der Waals surface area contributed by atoms with Gasteiger partial charge in [0.2, 0.25) is 11.8 Å². The number of nitrogens with two attached hydrogens (primary N) is 1. The average Bonchev–Trinajstić information content (AvgIpc) is 2.80. The van der Waals surface area contributed by atoms with Crippen molar-refractivity contribution in [1.29, 1.82) is 0 Å². The zero-order chi connectivity index (χ0) is 27.8. The van der Waals surface area contributed by atoms with E-state index in [4.69, 9.17) is 15.2 Å². The van der Waals surface area contributed by atoms with Gasteiger partial charge in [-0.05, 0) is 56.2 Å². The number of alkyl halides is 3. The Kier molecular flexibility index (Phi) is 10.1. The van der Waals surface area contributed by atoms with Gasteiger partial charge in [0, 0.05) is 17.7 Å². The van der Waals surface area contributed by atoms with Crippen molar-refractivity contribution >= 4 is 24.0 Å². The topological polar surface area (TPSA) is 120 Å². The van der Waals surface area contributed by atoms with E-state index in [1.165, 1.54) is 31.4 Å². The number of rotatable bonds is 11. The number of methoxy groups -OCH3 is 1. The maximum Gasteiger partial charge on any atom is 0.573 e. The van der Waals surface area contributed by atoms with E-state index in [-0.39, 0.29) is 36.6 Å². The Morgan fingerprint density at radius 1 is 1.08 bits per heavy atom. The van der Waals surface area contributed by atoms with Crippen LogP contribution in [0.5, 0.6) is 11.5 Å². The summed E-state index contributed by atoms with van der Waals surface area (Å²) < 4.78 is 52.6. The summed E-state index contributed by atoms with van der Waals surface area (Å²) in [6.45, 7) is 5.01. The lowest BCUT2D eigenvalue weighted by Crippen LogP contribution is -2.37. The van der Waals surface area contributed by atoms with Crippen molar-refractivity contribution in [3.63, 3.8) is 0 Å². The molecule has 2 aromatic carbocycles. The monoisotopic (exact) mass is 524 g/mol. The Morgan fingerprint density at radius 3 is 2.24 bits per heavy atom. The smallest absolute Gasteiger partial charge is 0.496 e. The molecule has 11 heteroatoms. The van der Waals surface area contributed by atoms with E-state index < -0.39 is 29.7 Å². The van der Waals surface area contributed by atoms with Crippen molar-refractivity contribution < 1.29 is 42.1 Å². The third kappa shape index (κ3) is 9.10. The molecule has 2 amide bonds. The molecule has 0 heterocycles. The summed E-state index contributed by atoms with van der Waals surface area (Å²) in [5.74, 6) is -2.35. The first-order chi connectivity index (χ1) is 17.3. The van der Waals surface area contributed by atoms with E-state index in [1.54, 1.807) is 12.2 Å². The summed E-state index contributed by atoms with van der Waals surface area (Å²) in [6, 6.07) is 8.11. The summed E-state index contributed by atoms with van der Waals surface area (Å²) in [5.41, 5.74) is 6.22. The molecule has 0 fully saturated rings. The molecule has 0 saturated heterocycles. The fourth-order valence-electron chi connectivity index (χ4n) is 3.44. The summed E-state index contributed by atoms with van der Waals surface area (Å²) in [4.78, 5) is 25.5. The number of carbonyl (C=O) groups excluding carboxylic acids is 2. The fourth-order valence-corrected chi connectivity index (χ4v) is 3.44. The minimum atomic E-state index is -4.81. The maximum atomic E-state index is 13.1. The molecule has 4 N–H and O–H groups in total. The number of aliphatic hydroxyl groups excluding tert-OH is 1. The molecule has 0 bridgehead atoms. The number of carbonyl (C=O) groups is 2. The van der Waals surface area contributed by atoms with Gasteiger partial charge in [0.25, 0.3) is 0 Å². The second kappa shape index (κ2) is 12.6. The maximum absolute atomic E-state index is 13.1. The van der Waals surface area contributed by atoms with Gasteiger partial charge in [-0.2, -0.15) is 0 Å². The van der Waals surface area contributed by atoms with Crippen LogP contribution in [0.1, 0.15) is 53.7 Å². The highest BCUT2D eigenvalue weighted by molar-refractivity contribution is 5.99. The quantitative estimate of drug-likeness (QED) is 0.384. The number of ether oxygens (including phenoxy) is 3. The lowest BCUT2D eigenvalue weighted by Gasteiger charge is -2.27. The molecular formula is C26H31F3N2O6. The van der Waals surface area contributed by atoms with Crippen LogP contribution in [0.2, 0.25) is 0 Å². The van der Waals surface area contributed by atoms with E-state index in [2.05, 4.69) is 10.1 Å². The first-order valence-corrected chi connectivity index (χ1v) is 11.3. The number of nitrogens with one attached hydrogen (secondary N) is 1. The van der Waals surface area contributed by atoms with Gasteiger partial charge in [0.05, 0.1) is 31.8 Å². The first kappa shape index (κ1) is 29.7. The third-order valence-corrected chi connectivity index (χ3v) is 5.05. The predicted molar refractivity (Wildman–Crippen MR) is 132 cm³/mol. The normalized spacial score (nSPS) is 12.9. The number of hydrogen-bond acceptors (Lipinski definition) is 6. The highest BCUT2D eigenvalue weighted by Gasteiger charge is 2.32. The van der Waals surface area contributed by atoms with E-state index in [1.807, 2.05) is 20.8 Å². The molecule has 0 aliphatic heterocycles. The summed E-state index contributed by atoms with van der Waals surface area (Å²) >= 11 is 0. The SMILES string of the molecule is COc1ccc(C(N)=O)c([C@@H](COC(C)(C)C)C(=O)NCCO)c1/C=C/c1ccc(OC(F)(F)F)cc1. The van der Waals surface area contributed by atoms with Crippen LogP contribution < -0.4 is 20.5 Å². The van der Waals surface area contributed by atoms with Gasteiger partial charge in [0.1, 0.15) is 11.5 Å². The molecule has 37 heavy (non-hydrogen) atoms. The minimum absolute atomic E-state index is 0.0156. The molecule has 1 atom stereocenters. The lowest BCUT2D eigenvalue weighted by molar-refractivity contribution is -0.274. The Balaban J connectivity index is 2.61. The average molecular weight is 525 g/mol. The Bertz CT molecular complexity index is 1110. The van der Waals surface area contributed by atoms with E-state index >= 15 is 0 Å². The molecular weight excluding hydrogens is 493 g/mol. The Hall–Kier alpha value is -3.57. The number of hydrogen-bond donors (Lipinski definition) is 3. The zero-order valence-corrected chi connectivity index (χ0v) is 21.0. The van der Waals surface area contributed by atoms with Crippen LogP contribution in [0.3, 0.4) is 0 Å². The molecule has 0 aliphatic carbocycles. The van der Waals surface area contributed by atoms with E-state index in [0.29, 0.717) is 16.9 Å². The lowest BCUT2D eigenvalue weighted by atomic mass is 9.87. The minimum Gasteiger partial charge on any atom is -0.496 e. The molecule has 0 saturated carbocycles. The molecule has 202 valence electrons. The van der Waals surface area contributed by atoms with Crippen molar-refractivity contribution in [1.82, 2.24) is 5.32 Å². The number of primary amides is 1. The van der Waals surface area contributed by atoms with Gasteiger partial charge >= 0.3 is 6.36 Å². The standard InChI is InChI=1S/C26H31F3N2O6/c1-25(2,3)36-15-20(24(34)31-13-14-32)22-18(21(35-4)12-11-19(22)23(30)33)10-7-16-5-8-17(9-6-16)37-26(27,28)29/h5-12,20,32H,13-15H2,1-4H3,(H2,30,33)(H,31,34)/b10-7+/t20-/m1/s1. The number of benzene rings is 2. The van der Waals surface area contributed by atoms with Crippen LogP contribution in [0.4, 0.5) is 13.2 Å². The molecule has 2 aromatic rings. The zero-order valence-electron chi connectivity index (χ0n) is 21.0. The van der Waals surface area contributed by atoms with Gasteiger partial charge in [-0.15, -0.1) is 13.2 Å². The second-order valence-corrected chi connectivity index (χ2v) is 8.95. The molecule has 8 nitrogen and oxygen atoms in total. The summed E-state index contributed by atoms with van der Waals surface area (Å²) in [7, 11) is 1.41.